The number of thiophene rings is 1. The Morgan fingerprint density at radius 2 is 1.74 bits per heavy atom. The van der Waals surface area contributed by atoms with E-state index in [1.54, 1.807) is 0 Å². The summed E-state index contributed by atoms with van der Waals surface area (Å²) in [4.78, 5) is 25.3. The molecular formula is C25H33F3N2O3S. The lowest BCUT2D eigenvalue weighted by Crippen LogP contribution is -2.26. The summed E-state index contributed by atoms with van der Waals surface area (Å²) in [5.74, 6) is -1.78. The van der Waals surface area contributed by atoms with Crippen LogP contribution in [0.25, 0.3) is 0 Å². The van der Waals surface area contributed by atoms with E-state index in [9.17, 15) is 27.9 Å². The number of halogens is 3. The molecule has 0 radical (unpaired) electrons. The molecule has 9 heteroatoms. The van der Waals surface area contributed by atoms with Gasteiger partial charge in [-0.2, -0.15) is 13.2 Å². The topological polar surface area (TPSA) is 78.4 Å². The van der Waals surface area contributed by atoms with Crippen molar-refractivity contribution in [2.24, 2.45) is 11.3 Å². The molecule has 1 amide bonds. The summed E-state index contributed by atoms with van der Waals surface area (Å²) in [5.41, 5.74) is -0.850. The molecule has 1 atom stereocenters. The van der Waals surface area contributed by atoms with Crippen LogP contribution in [-0.2, 0) is 19.0 Å². The molecule has 1 unspecified atom stereocenters. The van der Waals surface area contributed by atoms with E-state index in [2.05, 4.69) is 45.3 Å². The van der Waals surface area contributed by atoms with Crippen molar-refractivity contribution in [3.05, 3.63) is 51.4 Å². The lowest BCUT2D eigenvalue weighted by Gasteiger charge is -2.33. The van der Waals surface area contributed by atoms with Gasteiger partial charge in [0.05, 0.1) is 16.7 Å². The van der Waals surface area contributed by atoms with Gasteiger partial charge in [0.2, 0.25) is 0 Å². The lowest BCUT2D eigenvalue weighted by atomic mass is 9.72. The SMILES string of the molecule is CC(C)(C)C1CCc2c(sc(NC(=O)c3ccccc3C(F)(F)F)c2C(=O)O)C1.CCNCC. The third-order valence-electron chi connectivity index (χ3n) is 5.91. The van der Waals surface area contributed by atoms with Crippen molar-refractivity contribution in [2.45, 2.75) is 60.1 Å². The second-order valence-electron chi connectivity index (χ2n) is 9.27. The first kappa shape index (κ1) is 27.9. The minimum atomic E-state index is -4.68. The third kappa shape index (κ3) is 6.82. The molecule has 1 aliphatic carbocycles. The highest BCUT2D eigenvalue weighted by Crippen LogP contribution is 2.44. The Hall–Kier alpha value is -2.39. The van der Waals surface area contributed by atoms with Crippen LogP contribution in [0.3, 0.4) is 0 Å². The third-order valence-corrected chi connectivity index (χ3v) is 7.08. The number of carboxylic acid groups (broad SMARTS) is 1. The van der Waals surface area contributed by atoms with Gasteiger partial charge in [-0.3, -0.25) is 4.79 Å². The number of hydrogen-bond acceptors (Lipinski definition) is 4. The Kier molecular flexibility index (Phi) is 9.30. The van der Waals surface area contributed by atoms with Gasteiger partial charge < -0.3 is 15.7 Å². The molecule has 0 bridgehead atoms. The van der Waals surface area contributed by atoms with Crippen LogP contribution in [0.2, 0.25) is 0 Å². The molecular weight excluding hydrogens is 465 g/mol. The number of aromatic carboxylic acids is 1. The number of nitrogens with one attached hydrogen (secondary N) is 2. The van der Waals surface area contributed by atoms with Crippen molar-refractivity contribution in [1.29, 1.82) is 0 Å². The summed E-state index contributed by atoms with van der Waals surface area (Å²) in [5, 5.41) is 15.3. The molecule has 1 heterocycles. The van der Waals surface area contributed by atoms with Crippen LogP contribution in [0, 0.1) is 11.3 Å². The van der Waals surface area contributed by atoms with Crippen LogP contribution in [0.4, 0.5) is 18.2 Å². The van der Waals surface area contributed by atoms with Gasteiger partial charge in [-0.25, -0.2) is 4.79 Å². The maximum absolute atomic E-state index is 13.2. The zero-order chi connectivity index (χ0) is 25.7. The van der Waals surface area contributed by atoms with Gasteiger partial charge in [0.15, 0.2) is 0 Å². The van der Waals surface area contributed by atoms with Gasteiger partial charge in [0.25, 0.3) is 5.91 Å². The van der Waals surface area contributed by atoms with E-state index in [4.69, 9.17) is 0 Å². The summed E-state index contributed by atoms with van der Waals surface area (Å²) in [6.07, 6.45) is -2.58. The second kappa shape index (κ2) is 11.4. The molecule has 188 valence electrons. The maximum Gasteiger partial charge on any atom is 0.417 e. The average molecular weight is 499 g/mol. The standard InChI is InChI=1S/C21H22F3NO3S.C4H11N/c1-20(2,3)11-8-9-13-15(10-11)29-18(16(13)19(27)28)25-17(26)12-6-4-5-7-14(12)21(22,23)24;1-3-5-4-2/h4-7,11H,8-10H2,1-3H3,(H,25,26)(H,27,28);5H,3-4H2,1-2H3. The molecule has 0 spiro atoms. The number of carbonyl (C=O) groups excluding carboxylic acids is 1. The predicted molar refractivity (Wildman–Crippen MR) is 130 cm³/mol. The number of anilines is 1. The zero-order valence-electron chi connectivity index (χ0n) is 20.2. The van der Waals surface area contributed by atoms with Gasteiger partial charge >= 0.3 is 12.1 Å². The first-order valence-electron chi connectivity index (χ1n) is 11.4. The normalized spacial score (nSPS) is 15.7. The quantitative estimate of drug-likeness (QED) is 0.441. The summed E-state index contributed by atoms with van der Waals surface area (Å²) >= 11 is 1.15. The van der Waals surface area contributed by atoms with Crippen LogP contribution in [0.5, 0.6) is 0 Å². The Balaban J connectivity index is 0.000000739. The highest BCUT2D eigenvalue weighted by Gasteiger charge is 2.37. The molecule has 34 heavy (non-hydrogen) atoms. The van der Waals surface area contributed by atoms with E-state index in [0.717, 1.165) is 47.9 Å². The largest absolute Gasteiger partial charge is 0.478 e. The first-order chi connectivity index (χ1) is 15.8. The van der Waals surface area contributed by atoms with Gasteiger partial charge in [-0.15, -0.1) is 11.3 Å². The number of benzene rings is 1. The summed E-state index contributed by atoms with van der Waals surface area (Å²) < 4.78 is 39.7. The molecule has 0 saturated carbocycles. The molecule has 0 fully saturated rings. The lowest BCUT2D eigenvalue weighted by molar-refractivity contribution is -0.137. The van der Waals surface area contributed by atoms with Crippen molar-refractivity contribution in [2.75, 3.05) is 18.4 Å². The number of fused-ring (bicyclic) bond motifs is 1. The van der Waals surface area contributed by atoms with Crippen LogP contribution >= 0.6 is 11.3 Å². The van der Waals surface area contributed by atoms with Gasteiger partial charge in [-0.1, -0.05) is 46.8 Å². The summed E-state index contributed by atoms with van der Waals surface area (Å²) in [6.45, 7) is 12.8. The average Bonchev–Trinajstić information content (AvgIpc) is 3.10. The monoisotopic (exact) mass is 498 g/mol. The number of amides is 1. The van der Waals surface area contributed by atoms with Crippen molar-refractivity contribution < 1.29 is 27.9 Å². The van der Waals surface area contributed by atoms with Crippen LogP contribution < -0.4 is 10.6 Å². The Morgan fingerprint density at radius 1 is 1.12 bits per heavy atom. The smallest absolute Gasteiger partial charge is 0.417 e. The summed E-state index contributed by atoms with van der Waals surface area (Å²) in [6, 6.07) is 4.47. The molecule has 3 N–H and O–H groups in total. The molecule has 2 aromatic rings. The number of carboxylic acids is 1. The van der Waals surface area contributed by atoms with Crippen LogP contribution in [0.1, 0.15) is 77.8 Å². The fraction of sp³-hybridized carbons (Fsp3) is 0.520. The minimum Gasteiger partial charge on any atom is -0.478 e. The van der Waals surface area contributed by atoms with E-state index in [0.29, 0.717) is 24.3 Å². The van der Waals surface area contributed by atoms with E-state index in [1.807, 2.05) is 0 Å². The molecule has 1 aliphatic rings. The van der Waals surface area contributed by atoms with Crippen molar-refractivity contribution in [3.8, 4) is 0 Å². The van der Waals surface area contributed by atoms with Crippen LogP contribution in [0.15, 0.2) is 24.3 Å². The van der Waals surface area contributed by atoms with E-state index in [-0.39, 0.29) is 16.0 Å². The first-order valence-corrected chi connectivity index (χ1v) is 12.2. The Morgan fingerprint density at radius 3 is 2.24 bits per heavy atom. The summed E-state index contributed by atoms with van der Waals surface area (Å²) in [7, 11) is 0. The highest BCUT2D eigenvalue weighted by molar-refractivity contribution is 7.17. The molecule has 0 saturated heterocycles. The number of alkyl halides is 3. The van der Waals surface area contributed by atoms with Gasteiger partial charge in [0, 0.05) is 4.88 Å². The number of rotatable bonds is 5. The molecule has 0 aliphatic heterocycles. The fourth-order valence-corrected chi connectivity index (χ4v) is 5.30. The Bertz CT molecular complexity index is 1010. The van der Waals surface area contributed by atoms with E-state index < -0.39 is 29.2 Å². The maximum atomic E-state index is 13.2. The Labute approximate surface area is 202 Å². The number of hydrogen-bond donors (Lipinski definition) is 3. The molecule has 3 rings (SSSR count). The number of carbonyl (C=O) groups is 2. The fourth-order valence-electron chi connectivity index (χ4n) is 3.99. The van der Waals surface area contributed by atoms with Crippen molar-refractivity contribution in [1.82, 2.24) is 5.32 Å². The van der Waals surface area contributed by atoms with E-state index >= 15 is 0 Å². The van der Waals surface area contributed by atoms with Gasteiger partial charge in [0.1, 0.15) is 5.00 Å². The van der Waals surface area contributed by atoms with Crippen LogP contribution in [-0.4, -0.2) is 30.1 Å². The van der Waals surface area contributed by atoms with Crippen molar-refractivity contribution in [3.63, 3.8) is 0 Å². The highest BCUT2D eigenvalue weighted by atomic mass is 32.1. The predicted octanol–water partition coefficient (Wildman–Crippen LogP) is 6.48. The van der Waals surface area contributed by atoms with Gasteiger partial charge in [-0.05, 0) is 61.4 Å². The minimum absolute atomic E-state index is 0.00445. The second-order valence-corrected chi connectivity index (χ2v) is 10.4. The molecule has 5 nitrogen and oxygen atoms in total. The zero-order valence-corrected chi connectivity index (χ0v) is 21.0. The molecule has 1 aromatic heterocycles. The molecule has 1 aromatic carbocycles. The van der Waals surface area contributed by atoms with Crippen molar-refractivity contribution >= 4 is 28.2 Å². The van der Waals surface area contributed by atoms with E-state index in [1.165, 1.54) is 12.1 Å².